The first kappa shape index (κ1) is 9.93. The fourth-order valence-electron chi connectivity index (χ4n) is 1.47. The molecule has 5 heteroatoms. The molecule has 2 fully saturated rings. The molecule has 0 bridgehead atoms. The standard InChI is InChI=1S/C8H13BrO3S/c9-7-4-13(10,11)5-8(7)12-3-6-1-2-6/h6-8H,1-5H2. The van der Waals surface area contributed by atoms with Gasteiger partial charge in [0.15, 0.2) is 9.84 Å². The van der Waals surface area contributed by atoms with Gasteiger partial charge in [-0.2, -0.15) is 0 Å². The van der Waals surface area contributed by atoms with Crippen LogP contribution in [0.15, 0.2) is 0 Å². The molecule has 0 aromatic heterocycles. The van der Waals surface area contributed by atoms with E-state index in [4.69, 9.17) is 4.74 Å². The molecule has 1 aliphatic heterocycles. The molecular formula is C8H13BrO3S. The topological polar surface area (TPSA) is 43.4 Å². The molecule has 3 nitrogen and oxygen atoms in total. The number of ether oxygens (including phenoxy) is 1. The van der Waals surface area contributed by atoms with Crippen LogP contribution in [-0.2, 0) is 14.6 Å². The normalized spacial score (nSPS) is 37.9. The van der Waals surface area contributed by atoms with Crippen LogP contribution in [0.1, 0.15) is 12.8 Å². The minimum atomic E-state index is -2.84. The summed E-state index contributed by atoms with van der Waals surface area (Å²) in [5, 5.41) is 0. The number of alkyl halides is 1. The van der Waals surface area contributed by atoms with Gasteiger partial charge in [0, 0.05) is 6.61 Å². The number of rotatable bonds is 3. The minimum absolute atomic E-state index is 0.00347. The maximum atomic E-state index is 11.2. The second-order valence-electron chi connectivity index (χ2n) is 3.91. The smallest absolute Gasteiger partial charge is 0.154 e. The van der Waals surface area contributed by atoms with Crippen LogP contribution in [0, 0.1) is 5.92 Å². The summed E-state index contributed by atoms with van der Waals surface area (Å²) in [7, 11) is -2.84. The van der Waals surface area contributed by atoms with Crippen LogP contribution in [0.5, 0.6) is 0 Å². The van der Waals surface area contributed by atoms with Gasteiger partial charge in [-0.05, 0) is 18.8 Å². The lowest BCUT2D eigenvalue weighted by atomic mass is 10.3. The molecule has 0 aromatic rings. The Labute approximate surface area is 86.9 Å². The predicted octanol–water partition coefficient (Wildman–Crippen LogP) is 0.974. The van der Waals surface area contributed by atoms with E-state index in [0.717, 1.165) is 6.61 Å². The zero-order chi connectivity index (χ0) is 9.47. The van der Waals surface area contributed by atoms with E-state index < -0.39 is 9.84 Å². The van der Waals surface area contributed by atoms with E-state index in [9.17, 15) is 8.42 Å². The summed E-state index contributed by atoms with van der Waals surface area (Å²) in [6.45, 7) is 0.738. The average Bonchev–Trinajstić information content (AvgIpc) is 2.75. The zero-order valence-electron chi connectivity index (χ0n) is 7.28. The first-order valence-electron chi connectivity index (χ1n) is 4.53. The number of halogens is 1. The molecule has 1 saturated carbocycles. The summed E-state index contributed by atoms with van der Waals surface area (Å²) in [4.78, 5) is -0.00347. The zero-order valence-corrected chi connectivity index (χ0v) is 9.68. The molecule has 76 valence electrons. The van der Waals surface area contributed by atoms with Crippen LogP contribution in [-0.4, -0.2) is 37.5 Å². The van der Waals surface area contributed by atoms with Crippen LogP contribution >= 0.6 is 15.9 Å². The van der Waals surface area contributed by atoms with Crippen LogP contribution in [0.25, 0.3) is 0 Å². The summed E-state index contributed by atoms with van der Waals surface area (Å²) in [6.07, 6.45) is 2.37. The number of sulfone groups is 1. The first-order chi connectivity index (χ1) is 6.07. The van der Waals surface area contributed by atoms with Crippen LogP contribution in [0.4, 0.5) is 0 Å². The highest BCUT2D eigenvalue weighted by Crippen LogP contribution is 2.31. The molecule has 2 rings (SSSR count). The SMILES string of the molecule is O=S1(=O)CC(Br)C(OCC2CC2)C1. The van der Waals surface area contributed by atoms with Crippen molar-refractivity contribution in [2.24, 2.45) is 5.92 Å². The Morgan fingerprint density at radius 2 is 2.00 bits per heavy atom. The van der Waals surface area contributed by atoms with Gasteiger partial charge in [0.2, 0.25) is 0 Å². The molecule has 2 aliphatic rings. The maximum absolute atomic E-state index is 11.2. The Bertz CT molecular complexity index is 284. The Kier molecular flexibility index (Phi) is 2.68. The predicted molar refractivity (Wildman–Crippen MR) is 53.8 cm³/mol. The minimum Gasteiger partial charge on any atom is -0.376 e. The molecule has 0 aromatic carbocycles. The quantitative estimate of drug-likeness (QED) is 0.717. The van der Waals surface area contributed by atoms with Gasteiger partial charge in [-0.1, -0.05) is 15.9 Å². The third-order valence-electron chi connectivity index (χ3n) is 2.48. The van der Waals surface area contributed by atoms with E-state index in [1.165, 1.54) is 12.8 Å². The van der Waals surface area contributed by atoms with Crippen LogP contribution in [0.2, 0.25) is 0 Å². The van der Waals surface area contributed by atoms with Crippen molar-refractivity contribution in [2.45, 2.75) is 23.8 Å². The lowest BCUT2D eigenvalue weighted by Crippen LogP contribution is -2.23. The van der Waals surface area contributed by atoms with E-state index in [1.807, 2.05) is 0 Å². The Morgan fingerprint density at radius 3 is 2.46 bits per heavy atom. The number of hydrogen-bond acceptors (Lipinski definition) is 3. The third-order valence-corrected chi connectivity index (χ3v) is 5.52. The molecule has 0 N–H and O–H groups in total. The van der Waals surface area contributed by atoms with Crippen molar-refractivity contribution >= 4 is 25.8 Å². The van der Waals surface area contributed by atoms with Gasteiger partial charge < -0.3 is 4.74 Å². The van der Waals surface area contributed by atoms with E-state index in [1.54, 1.807) is 0 Å². The third kappa shape index (κ3) is 2.67. The van der Waals surface area contributed by atoms with Gasteiger partial charge in [0.25, 0.3) is 0 Å². The molecule has 0 amide bonds. The molecule has 0 radical (unpaired) electrons. The van der Waals surface area contributed by atoms with E-state index in [2.05, 4.69) is 15.9 Å². The van der Waals surface area contributed by atoms with Gasteiger partial charge in [0.1, 0.15) is 0 Å². The van der Waals surface area contributed by atoms with Crippen molar-refractivity contribution in [3.63, 3.8) is 0 Å². The average molecular weight is 269 g/mol. The molecule has 1 heterocycles. The van der Waals surface area contributed by atoms with Gasteiger partial charge >= 0.3 is 0 Å². The van der Waals surface area contributed by atoms with Crippen LogP contribution in [0.3, 0.4) is 0 Å². The van der Waals surface area contributed by atoms with Crippen molar-refractivity contribution in [1.29, 1.82) is 0 Å². The lowest BCUT2D eigenvalue weighted by Gasteiger charge is -2.12. The number of hydrogen-bond donors (Lipinski definition) is 0. The Morgan fingerprint density at radius 1 is 1.31 bits per heavy atom. The molecule has 1 saturated heterocycles. The molecule has 2 atom stereocenters. The fraction of sp³-hybridized carbons (Fsp3) is 1.00. The Balaban J connectivity index is 1.85. The fourth-order valence-corrected chi connectivity index (χ4v) is 4.93. The van der Waals surface area contributed by atoms with Gasteiger partial charge in [-0.25, -0.2) is 8.42 Å². The van der Waals surface area contributed by atoms with E-state index in [-0.39, 0.29) is 22.4 Å². The second kappa shape index (κ2) is 3.51. The summed E-state index contributed by atoms with van der Waals surface area (Å²) >= 11 is 3.35. The molecule has 2 unspecified atom stereocenters. The molecule has 13 heavy (non-hydrogen) atoms. The van der Waals surface area contributed by atoms with Crippen molar-refractivity contribution < 1.29 is 13.2 Å². The summed E-state index contributed by atoms with van der Waals surface area (Å²) in [5.74, 6) is 1.11. The van der Waals surface area contributed by atoms with Crippen LogP contribution < -0.4 is 0 Å². The second-order valence-corrected chi connectivity index (χ2v) is 7.24. The van der Waals surface area contributed by atoms with Gasteiger partial charge in [-0.3, -0.25) is 0 Å². The van der Waals surface area contributed by atoms with Crippen molar-refractivity contribution in [3.8, 4) is 0 Å². The maximum Gasteiger partial charge on any atom is 0.154 e. The summed E-state index contributed by atoms with van der Waals surface area (Å²) in [5.41, 5.74) is 0. The van der Waals surface area contributed by atoms with Gasteiger partial charge in [-0.15, -0.1) is 0 Å². The lowest BCUT2D eigenvalue weighted by molar-refractivity contribution is 0.0675. The van der Waals surface area contributed by atoms with Crippen molar-refractivity contribution in [3.05, 3.63) is 0 Å². The molecule has 0 spiro atoms. The summed E-state index contributed by atoms with van der Waals surface area (Å²) < 4.78 is 28.0. The highest BCUT2D eigenvalue weighted by atomic mass is 79.9. The highest BCUT2D eigenvalue weighted by molar-refractivity contribution is 9.09. The van der Waals surface area contributed by atoms with E-state index in [0.29, 0.717) is 5.92 Å². The van der Waals surface area contributed by atoms with Crippen molar-refractivity contribution in [2.75, 3.05) is 18.1 Å². The first-order valence-corrected chi connectivity index (χ1v) is 7.26. The summed E-state index contributed by atoms with van der Waals surface area (Å²) in [6, 6.07) is 0. The van der Waals surface area contributed by atoms with Gasteiger partial charge in [0.05, 0.1) is 22.4 Å². The molecular weight excluding hydrogens is 256 g/mol. The van der Waals surface area contributed by atoms with E-state index >= 15 is 0 Å². The largest absolute Gasteiger partial charge is 0.376 e. The Hall–Kier alpha value is 0.390. The highest BCUT2D eigenvalue weighted by Gasteiger charge is 2.37. The monoisotopic (exact) mass is 268 g/mol. The van der Waals surface area contributed by atoms with Crippen molar-refractivity contribution in [1.82, 2.24) is 0 Å². The molecule has 1 aliphatic carbocycles.